The highest BCUT2D eigenvalue weighted by molar-refractivity contribution is 6.30. The molecular weight excluding hydrogens is 222 g/mol. The van der Waals surface area contributed by atoms with E-state index in [1.807, 2.05) is 31.2 Å². The van der Waals surface area contributed by atoms with Crippen molar-refractivity contribution in [3.8, 4) is 0 Å². The molecule has 0 atom stereocenters. The summed E-state index contributed by atoms with van der Waals surface area (Å²) in [6.07, 6.45) is 3.23. The van der Waals surface area contributed by atoms with Gasteiger partial charge in [-0.05, 0) is 44.0 Å². The molecule has 0 radical (unpaired) electrons. The third-order valence-electron chi connectivity index (χ3n) is 1.97. The van der Waals surface area contributed by atoms with Crippen molar-refractivity contribution in [2.45, 2.75) is 6.92 Å². The Labute approximate surface area is 100 Å². The topological polar surface area (TPSA) is 50.4 Å². The summed E-state index contributed by atoms with van der Waals surface area (Å²) >= 11 is 5.78. The van der Waals surface area contributed by atoms with Crippen molar-refractivity contribution in [3.63, 3.8) is 0 Å². The lowest BCUT2D eigenvalue weighted by atomic mass is 10.3. The van der Waals surface area contributed by atoms with Gasteiger partial charge in [-0.25, -0.2) is 0 Å². The van der Waals surface area contributed by atoms with Gasteiger partial charge in [0, 0.05) is 22.6 Å². The summed E-state index contributed by atoms with van der Waals surface area (Å²) in [5.41, 5.74) is 8.20. The molecule has 16 heavy (non-hydrogen) atoms. The van der Waals surface area contributed by atoms with Gasteiger partial charge in [0.25, 0.3) is 0 Å². The smallest absolute Gasteiger partial charge is 0.0522 e. The zero-order chi connectivity index (χ0) is 12.0. The van der Waals surface area contributed by atoms with Gasteiger partial charge in [0.05, 0.1) is 5.70 Å². The third-order valence-corrected chi connectivity index (χ3v) is 2.22. The first kappa shape index (κ1) is 12.3. The molecule has 84 valence electrons. The van der Waals surface area contributed by atoms with Crippen LogP contribution in [0.1, 0.15) is 6.92 Å². The number of benzene rings is 1. The Morgan fingerprint density at radius 2 is 2.06 bits per heavy atom. The Hall–Kier alpha value is -1.74. The van der Waals surface area contributed by atoms with Gasteiger partial charge in [0.2, 0.25) is 0 Å². The maximum atomic E-state index is 5.80. The first-order chi connectivity index (χ1) is 7.63. The Kier molecular flexibility index (Phi) is 4.61. The lowest BCUT2D eigenvalue weighted by Crippen LogP contribution is -2.05. The number of anilines is 1. The molecule has 3 N–H and O–H groups in total. The Bertz CT molecular complexity index is 418. The fourth-order valence-electron chi connectivity index (χ4n) is 1.08. The van der Waals surface area contributed by atoms with Crippen LogP contribution in [0.4, 0.5) is 5.69 Å². The van der Waals surface area contributed by atoms with E-state index < -0.39 is 0 Å². The van der Waals surface area contributed by atoms with Crippen LogP contribution >= 0.6 is 11.6 Å². The number of nitrogens with two attached hydrogens (primary N) is 1. The molecule has 0 aromatic heterocycles. The lowest BCUT2D eigenvalue weighted by molar-refractivity contribution is 1.25. The van der Waals surface area contributed by atoms with E-state index in [0.717, 1.165) is 11.4 Å². The van der Waals surface area contributed by atoms with E-state index in [0.29, 0.717) is 10.7 Å². The standard InChI is InChI=1S/C12H14ClN3/c1-9(12(14)7-8-15-2)16-11-5-3-10(13)4-6-11/h3-8,16H,2,14H2,1H3/b8-7-,12-9-. The van der Waals surface area contributed by atoms with Crippen molar-refractivity contribution < 1.29 is 0 Å². The normalized spacial score (nSPS) is 12.4. The van der Waals surface area contributed by atoms with Gasteiger partial charge in [-0.2, -0.15) is 0 Å². The molecule has 0 aliphatic rings. The summed E-state index contributed by atoms with van der Waals surface area (Å²) in [4.78, 5) is 3.59. The van der Waals surface area contributed by atoms with Gasteiger partial charge in [0.15, 0.2) is 0 Å². The SMILES string of the molecule is C=N/C=C\C(N)=C(/C)Nc1ccc(Cl)cc1. The van der Waals surface area contributed by atoms with Crippen LogP contribution in [0.15, 0.2) is 52.9 Å². The molecule has 0 aliphatic heterocycles. The molecule has 1 aromatic rings. The van der Waals surface area contributed by atoms with Crippen molar-refractivity contribution in [1.82, 2.24) is 0 Å². The van der Waals surface area contributed by atoms with Crippen LogP contribution in [0.2, 0.25) is 5.02 Å². The Morgan fingerprint density at radius 1 is 1.44 bits per heavy atom. The molecule has 0 aliphatic carbocycles. The number of allylic oxidation sites excluding steroid dienone is 2. The predicted octanol–water partition coefficient (Wildman–Crippen LogP) is 3.16. The van der Waals surface area contributed by atoms with Crippen LogP contribution in [-0.2, 0) is 0 Å². The van der Waals surface area contributed by atoms with Gasteiger partial charge in [-0.15, -0.1) is 0 Å². The number of rotatable bonds is 4. The van der Waals surface area contributed by atoms with Crippen LogP contribution in [0.5, 0.6) is 0 Å². The van der Waals surface area contributed by atoms with Crippen molar-refractivity contribution in [3.05, 3.63) is 53.0 Å². The summed E-state index contributed by atoms with van der Waals surface area (Å²) in [6, 6.07) is 7.39. The lowest BCUT2D eigenvalue weighted by Gasteiger charge is -2.08. The van der Waals surface area contributed by atoms with E-state index in [1.165, 1.54) is 0 Å². The first-order valence-corrected chi connectivity index (χ1v) is 5.12. The molecule has 0 spiro atoms. The second-order valence-corrected chi connectivity index (χ2v) is 3.65. The monoisotopic (exact) mass is 235 g/mol. The number of nitrogens with one attached hydrogen (secondary N) is 1. The van der Waals surface area contributed by atoms with E-state index in [9.17, 15) is 0 Å². The van der Waals surface area contributed by atoms with Crippen LogP contribution in [0.25, 0.3) is 0 Å². The van der Waals surface area contributed by atoms with Gasteiger partial charge >= 0.3 is 0 Å². The minimum atomic E-state index is 0.613. The summed E-state index contributed by atoms with van der Waals surface area (Å²) in [7, 11) is 0. The number of aliphatic imine (C=N–C) groups is 1. The van der Waals surface area contributed by atoms with E-state index in [-0.39, 0.29) is 0 Å². The van der Waals surface area contributed by atoms with Crippen molar-refractivity contribution in [2.24, 2.45) is 10.7 Å². The molecule has 1 rings (SSSR count). The molecule has 0 heterocycles. The molecule has 0 unspecified atom stereocenters. The highest BCUT2D eigenvalue weighted by Gasteiger charge is 1.96. The number of nitrogens with zero attached hydrogens (tertiary/aromatic N) is 1. The molecule has 0 bridgehead atoms. The number of hydrogen-bond acceptors (Lipinski definition) is 3. The van der Waals surface area contributed by atoms with E-state index in [1.54, 1.807) is 12.3 Å². The second-order valence-electron chi connectivity index (χ2n) is 3.21. The highest BCUT2D eigenvalue weighted by atomic mass is 35.5. The summed E-state index contributed by atoms with van der Waals surface area (Å²) < 4.78 is 0. The average molecular weight is 236 g/mol. The summed E-state index contributed by atoms with van der Waals surface area (Å²) in [5.74, 6) is 0. The van der Waals surface area contributed by atoms with Gasteiger partial charge < -0.3 is 11.1 Å². The van der Waals surface area contributed by atoms with Crippen molar-refractivity contribution in [2.75, 3.05) is 5.32 Å². The number of hydrogen-bond donors (Lipinski definition) is 2. The third kappa shape index (κ3) is 3.79. The molecule has 4 heteroatoms. The fraction of sp³-hybridized carbons (Fsp3) is 0.0833. The molecule has 0 fully saturated rings. The molecular formula is C12H14ClN3. The zero-order valence-corrected chi connectivity index (χ0v) is 9.83. The number of halogens is 1. The van der Waals surface area contributed by atoms with E-state index in [2.05, 4.69) is 17.0 Å². The fourth-order valence-corrected chi connectivity index (χ4v) is 1.21. The van der Waals surface area contributed by atoms with Crippen molar-refractivity contribution >= 4 is 24.0 Å². The highest BCUT2D eigenvalue weighted by Crippen LogP contribution is 2.15. The quantitative estimate of drug-likeness (QED) is 0.622. The second kappa shape index (κ2) is 5.98. The van der Waals surface area contributed by atoms with Crippen LogP contribution in [0.3, 0.4) is 0 Å². The molecule has 0 amide bonds. The molecule has 0 saturated carbocycles. The summed E-state index contributed by atoms with van der Waals surface area (Å²) in [6.45, 7) is 5.22. The molecule has 1 aromatic carbocycles. The average Bonchev–Trinajstić information content (AvgIpc) is 2.29. The minimum absolute atomic E-state index is 0.613. The minimum Gasteiger partial charge on any atom is -0.397 e. The summed E-state index contributed by atoms with van der Waals surface area (Å²) in [5, 5.41) is 3.86. The largest absolute Gasteiger partial charge is 0.397 e. The van der Waals surface area contributed by atoms with Crippen molar-refractivity contribution in [1.29, 1.82) is 0 Å². The van der Waals surface area contributed by atoms with Crippen LogP contribution in [0, 0.1) is 0 Å². The predicted molar refractivity (Wildman–Crippen MR) is 70.7 cm³/mol. The maximum absolute atomic E-state index is 5.80. The zero-order valence-electron chi connectivity index (χ0n) is 9.07. The molecule has 3 nitrogen and oxygen atoms in total. The van der Waals surface area contributed by atoms with Crippen LogP contribution in [-0.4, -0.2) is 6.72 Å². The van der Waals surface area contributed by atoms with Crippen LogP contribution < -0.4 is 11.1 Å². The van der Waals surface area contributed by atoms with Gasteiger partial charge in [0.1, 0.15) is 0 Å². The molecule has 0 saturated heterocycles. The maximum Gasteiger partial charge on any atom is 0.0522 e. The van der Waals surface area contributed by atoms with Gasteiger partial charge in [-0.1, -0.05) is 11.6 Å². The van der Waals surface area contributed by atoms with E-state index in [4.69, 9.17) is 17.3 Å². The first-order valence-electron chi connectivity index (χ1n) is 4.75. The Morgan fingerprint density at radius 3 is 2.62 bits per heavy atom. The van der Waals surface area contributed by atoms with E-state index >= 15 is 0 Å². The Balaban J connectivity index is 2.77. The van der Waals surface area contributed by atoms with Gasteiger partial charge in [-0.3, -0.25) is 4.99 Å².